The van der Waals surface area contributed by atoms with E-state index < -0.39 is 35.1 Å². The van der Waals surface area contributed by atoms with Gasteiger partial charge in [0.1, 0.15) is 23.9 Å². The lowest BCUT2D eigenvalue weighted by Crippen LogP contribution is -2.47. The van der Waals surface area contributed by atoms with Crippen LogP contribution in [0.4, 0.5) is 5.69 Å². The molecule has 13 heteroatoms. The summed E-state index contributed by atoms with van der Waals surface area (Å²) in [6.45, 7) is -0.205. The minimum Gasteiger partial charge on any atom is -0.464 e. The second kappa shape index (κ2) is 11.0. The number of furan rings is 1. The highest BCUT2D eigenvalue weighted by atomic mass is 16.3. The zero-order valence-electron chi connectivity index (χ0n) is 24.6. The number of hydrogen-bond donors (Lipinski definition) is 5. The van der Waals surface area contributed by atoms with Crippen molar-refractivity contribution in [2.75, 3.05) is 12.4 Å². The van der Waals surface area contributed by atoms with Crippen LogP contribution >= 0.6 is 0 Å². The Kier molecular flexibility index (Phi) is 7.07. The fourth-order valence-corrected chi connectivity index (χ4v) is 8.07. The Balaban J connectivity index is 1.03. The Morgan fingerprint density at radius 1 is 1.11 bits per heavy atom. The first-order valence-corrected chi connectivity index (χ1v) is 15.3. The average Bonchev–Trinajstić information content (AvgIpc) is 3.44. The number of carbonyl (C=O) groups excluding carboxylic acids is 5. The molecule has 7 atom stereocenters. The molecule has 1 spiro atoms. The van der Waals surface area contributed by atoms with E-state index in [0.717, 1.165) is 19.3 Å². The quantitative estimate of drug-likeness (QED) is 0.154. The van der Waals surface area contributed by atoms with Crippen molar-refractivity contribution in [1.29, 1.82) is 0 Å². The standard InChI is InChI=1S/C32H34N6O7/c1-33-30(43)23(39)6-5-21(34-28(41)17-4-7-24-16(11-17)8-10-45-24)29(42)35-22-3-2-9-38(31(22)44)15-25(40)36-26-19-12-18-13-20(26)32(14-19)27(18)37-32/h2-4,7-11,18-21,26-27,37H,5-6,12-15H2,1H3,(H,33,43)(H,34,41)(H,35,42)(H,36,40). The van der Waals surface area contributed by atoms with Crippen LogP contribution in [-0.2, 0) is 25.7 Å². The maximum absolute atomic E-state index is 13.4. The lowest BCUT2D eigenvalue weighted by molar-refractivity contribution is -0.137. The van der Waals surface area contributed by atoms with Gasteiger partial charge >= 0.3 is 0 Å². The van der Waals surface area contributed by atoms with Crippen molar-refractivity contribution < 1.29 is 28.4 Å². The molecule has 2 aromatic heterocycles. The highest BCUT2D eigenvalue weighted by Crippen LogP contribution is 2.67. The summed E-state index contributed by atoms with van der Waals surface area (Å²) in [6.07, 6.45) is 5.80. The van der Waals surface area contributed by atoms with Gasteiger partial charge in [-0.2, -0.15) is 0 Å². The van der Waals surface area contributed by atoms with Gasteiger partial charge in [0, 0.05) is 48.2 Å². The predicted molar refractivity (Wildman–Crippen MR) is 161 cm³/mol. The number of amides is 4. The summed E-state index contributed by atoms with van der Waals surface area (Å²) in [4.78, 5) is 76.9. The van der Waals surface area contributed by atoms with E-state index in [1.54, 1.807) is 24.3 Å². The highest BCUT2D eigenvalue weighted by Gasteiger charge is 2.76. The van der Waals surface area contributed by atoms with Gasteiger partial charge in [0.15, 0.2) is 0 Å². The molecular weight excluding hydrogens is 580 g/mol. The van der Waals surface area contributed by atoms with E-state index in [9.17, 15) is 28.8 Å². The molecule has 5 aliphatic rings. The molecule has 4 aliphatic carbocycles. The number of benzene rings is 1. The number of Topliss-reactive ketones (excluding diaryl/α,β-unsaturated/α-hetero) is 1. The second-order valence-electron chi connectivity index (χ2n) is 12.6. The van der Waals surface area contributed by atoms with Gasteiger partial charge in [-0.3, -0.25) is 28.8 Å². The van der Waals surface area contributed by atoms with Gasteiger partial charge in [-0.1, -0.05) is 0 Å². The minimum absolute atomic E-state index is 0.0885. The maximum Gasteiger partial charge on any atom is 0.287 e. The van der Waals surface area contributed by atoms with Crippen LogP contribution in [0.25, 0.3) is 11.0 Å². The summed E-state index contributed by atoms with van der Waals surface area (Å²) in [5.41, 5.74) is 0.365. The van der Waals surface area contributed by atoms with Crippen molar-refractivity contribution in [3.05, 3.63) is 64.8 Å². The van der Waals surface area contributed by atoms with Crippen LogP contribution in [0.5, 0.6) is 0 Å². The lowest BCUT2D eigenvalue weighted by Gasteiger charge is -2.33. The monoisotopic (exact) mass is 614 g/mol. The fraction of sp³-hybridized carbons (Fsp3) is 0.438. The smallest absolute Gasteiger partial charge is 0.287 e. The van der Waals surface area contributed by atoms with E-state index in [1.165, 1.54) is 36.2 Å². The molecule has 1 aliphatic heterocycles. The number of likely N-dealkylation sites (N-methyl/N-ethyl adjacent to an activating group) is 1. The Hall–Kier alpha value is -4.78. The van der Waals surface area contributed by atoms with Crippen LogP contribution in [0, 0.1) is 17.8 Å². The summed E-state index contributed by atoms with van der Waals surface area (Å²) in [6, 6.07) is 8.84. The van der Waals surface area contributed by atoms with Crippen molar-refractivity contribution in [1.82, 2.24) is 25.8 Å². The molecule has 7 unspecified atom stereocenters. The molecule has 1 saturated heterocycles. The van der Waals surface area contributed by atoms with E-state index in [1.807, 2.05) is 0 Å². The number of piperidine rings is 1. The Morgan fingerprint density at radius 2 is 1.96 bits per heavy atom. The molecule has 3 aromatic rings. The van der Waals surface area contributed by atoms with Gasteiger partial charge < -0.3 is 35.6 Å². The number of rotatable bonds is 11. The first-order valence-electron chi connectivity index (χ1n) is 15.3. The first-order chi connectivity index (χ1) is 21.7. The van der Waals surface area contributed by atoms with Crippen molar-refractivity contribution >= 4 is 46.1 Å². The van der Waals surface area contributed by atoms with Crippen LogP contribution in [0.3, 0.4) is 0 Å². The SMILES string of the molecule is CNC(=O)C(=O)CCC(NC(=O)c1ccc2occc2c1)C(=O)Nc1cccn(CC(=O)NC2C3CC4CC2C2(C3)NC42)c1=O. The van der Waals surface area contributed by atoms with Gasteiger partial charge in [-0.15, -0.1) is 0 Å². The summed E-state index contributed by atoms with van der Waals surface area (Å²) in [5.74, 6) is -1.58. The van der Waals surface area contributed by atoms with Gasteiger partial charge in [-0.25, -0.2) is 0 Å². The van der Waals surface area contributed by atoms with Crippen LogP contribution in [0.1, 0.15) is 42.5 Å². The number of anilines is 1. The lowest BCUT2D eigenvalue weighted by atomic mass is 9.79. The third-order valence-corrected chi connectivity index (χ3v) is 10.1. The molecule has 4 bridgehead atoms. The third-order valence-electron chi connectivity index (χ3n) is 10.1. The second-order valence-corrected chi connectivity index (χ2v) is 12.6. The number of carbonyl (C=O) groups is 5. The zero-order valence-corrected chi connectivity index (χ0v) is 24.6. The largest absolute Gasteiger partial charge is 0.464 e. The molecule has 45 heavy (non-hydrogen) atoms. The van der Waals surface area contributed by atoms with Crippen molar-refractivity contribution in [2.24, 2.45) is 17.8 Å². The number of fused-ring (bicyclic) bond motifs is 1. The molecule has 234 valence electrons. The van der Waals surface area contributed by atoms with Gasteiger partial charge in [0.05, 0.1) is 6.26 Å². The van der Waals surface area contributed by atoms with Crippen LogP contribution < -0.4 is 32.1 Å². The summed E-state index contributed by atoms with van der Waals surface area (Å²) < 4.78 is 6.54. The molecule has 5 fully saturated rings. The highest BCUT2D eigenvalue weighted by molar-refractivity contribution is 6.36. The van der Waals surface area contributed by atoms with E-state index in [4.69, 9.17) is 4.42 Å². The number of pyridine rings is 1. The number of ketones is 1. The average molecular weight is 615 g/mol. The van der Waals surface area contributed by atoms with Crippen LogP contribution in [0.2, 0.25) is 0 Å². The van der Waals surface area contributed by atoms with Gasteiger partial charge in [-0.05, 0) is 79.8 Å². The Bertz CT molecular complexity index is 1800. The number of hydrogen-bond acceptors (Lipinski definition) is 8. The molecular formula is C32H34N6O7. The van der Waals surface area contributed by atoms with Crippen LogP contribution in [0.15, 0.2) is 58.1 Å². The molecule has 5 N–H and O–H groups in total. The third kappa shape index (κ3) is 5.10. The molecule has 8 rings (SSSR count). The summed E-state index contributed by atoms with van der Waals surface area (Å²) in [7, 11) is 1.32. The molecule has 4 saturated carbocycles. The summed E-state index contributed by atoms with van der Waals surface area (Å²) >= 11 is 0. The summed E-state index contributed by atoms with van der Waals surface area (Å²) in [5, 5.41) is 15.0. The first kappa shape index (κ1) is 29.0. The maximum atomic E-state index is 13.4. The molecule has 13 nitrogen and oxygen atoms in total. The number of nitrogens with one attached hydrogen (secondary N) is 5. The predicted octanol–water partition coefficient (Wildman–Crippen LogP) is 0.682. The van der Waals surface area contributed by atoms with E-state index in [0.29, 0.717) is 34.8 Å². The minimum atomic E-state index is -1.25. The molecule has 4 amide bonds. The van der Waals surface area contributed by atoms with Gasteiger partial charge in [0.25, 0.3) is 17.4 Å². The molecule has 3 heterocycles. The normalized spacial score (nSPS) is 27.4. The molecule has 0 radical (unpaired) electrons. The van der Waals surface area contributed by atoms with Gasteiger partial charge in [0.2, 0.25) is 17.6 Å². The number of aromatic nitrogens is 1. The van der Waals surface area contributed by atoms with Crippen molar-refractivity contribution in [3.8, 4) is 0 Å². The fourth-order valence-electron chi connectivity index (χ4n) is 8.07. The Labute approximate surface area is 257 Å². The van der Waals surface area contributed by atoms with Crippen molar-refractivity contribution in [3.63, 3.8) is 0 Å². The molecule has 1 aromatic carbocycles. The van der Waals surface area contributed by atoms with Crippen molar-refractivity contribution in [2.45, 2.75) is 62.3 Å². The Morgan fingerprint density at radius 3 is 2.78 bits per heavy atom. The van der Waals surface area contributed by atoms with E-state index in [2.05, 4.69) is 26.6 Å². The van der Waals surface area contributed by atoms with Crippen LogP contribution in [-0.4, -0.2) is 64.7 Å². The topological polar surface area (TPSA) is 191 Å². The number of nitrogens with zero attached hydrogens (tertiary/aromatic N) is 1. The zero-order chi connectivity index (χ0) is 31.5. The van der Waals surface area contributed by atoms with E-state index in [-0.39, 0.29) is 48.1 Å². The van der Waals surface area contributed by atoms with E-state index >= 15 is 0 Å².